The SMILES string of the molecule is CC(C)C(CNc1nc2ccccc2cc1C#N)C(C)C. The number of benzene rings is 1. The van der Waals surface area contributed by atoms with E-state index in [1.54, 1.807) is 0 Å². The van der Waals surface area contributed by atoms with Gasteiger partial charge < -0.3 is 5.32 Å². The van der Waals surface area contributed by atoms with E-state index in [2.05, 4.69) is 44.1 Å². The molecule has 1 aromatic carbocycles. The zero-order chi connectivity index (χ0) is 15.4. The van der Waals surface area contributed by atoms with E-state index >= 15 is 0 Å². The standard InChI is InChI=1S/C18H23N3/c1-12(2)16(13(3)4)11-20-18-15(10-19)9-14-7-5-6-8-17(14)21-18/h5-9,12-13,16H,11H2,1-4H3,(H,20,21). The zero-order valence-electron chi connectivity index (χ0n) is 13.2. The summed E-state index contributed by atoms with van der Waals surface area (Å²) in [6.45, 7) is 9.81. The number of para-hydroxylation sites is 1. The van der Waals surface area contributed by atoms with Crippen LogP contribution in [0.3, 0.4) is 0 Å². The van der Waals surface area contributed by atoms with Gasteiger partial charge in [-0.2, -0.15) is 5.26 Å². The van der Waals surface area contributed by atoms with Gasteiger partial charge in [0, 0.05) is 11.9 Å². The Labute approximate surface area is 127 Å². The van der Waals surface area contributed by atoms with Crippen molar-refractivity contribution in [3.05, 3.63) is 35.9 Å². The van der Waals surface area contributed by atoms with Gasteiger partial charge in [0.15, 0.2) is 0 Å². The number of aromatic nitrogens is 1. The zero-order valence-corrected chi connectivity index (χ0v) is 13.2. The third-order valence-corrected chi connectivity index (χ3v) is 4.06. The number of fused-ring (bicyclic) bond motifs is 1. The molecule has 0 aliphatic heterocycles. The number of anilines is 1. The van der Waals surface area contributed by atoms with E-state index < -0.39 is 0 Å². The number of nitrogens with zero attached hydrogens (tertiary/aromatic N) is 2. The van der Waals surface area contributed by atoms with Crippen LogP contribution in [0.4, 0.5) is 5.82 Å². The molecule has 0 unspecified atom stereocenters. The number of pyridine rings is 1. The van der Waals surface area contributed by atoms with Crippen molar-refractivity contribution in [2.45, 2.75) is 27.7 Å². The second-order valence-electron chi connectivity index (χ2n) is 6.22. The van der Waals surface area contributed by atoms with Gasteiger partial charge in [-0.1, -0.05) is 45.9 Å². The van der Waals surface area contributed by atoms with E-state index in [9.17, 15) is 5.26 Å². The first-order chi connectivity index (χ1) is 10.0. The molecule has 0 radical (unpaired) electrons. The number of nitrogens with one attached hydrogen (secondary N) is 1. The molecule has 21 heavy (non-hydrogen) atoms. The average molecular weight is 281 g/mol. The lowest BCUT2D eigenvalue weighted by Crippen LogP contribution is -2.25. The van der Waals surface area contributed by atoms with Crippen LogP contribution in [0.2, 0.25) is 0 Å². The summed E-state index contributed by atoms with van der Waals surface area (Å²) < 4.78 is 0. The molecule has 0 saturated carbocycles. The van der Waals surface area contributed by atoms with E-state index in [0.717, 1.165) is 17.4 Å². The van der Waals surface area contributed by atoms with Gasteiger partial charge in [0.25, 0.3) is 0 Å². The Kier molecular flexibility index (Phi) is 4.80. The Morgan fingerprint density at radius 1 is 1.14 bits per heavy atom. The first kappa shape index (κ1) is 15.3. The van der Waals surface area contributed by atoms with Crippen LogP contribution in [0.1, 0.15) is 33.3 Å². The van der Waals surface area contributed by atoms with Gasteiger partial charge >= 0.3 is 0 Å². The Hall–Kier alpha value is -2.08. The molecule has 1 aromatic heterocycles. The first-order valence-electron chi connectivity index (χ1n) is 7.56. The average Bonchev–Trinajstić information content (AvgIpc) is 2.45. The highest BCUT2D eigenvalue weighted by atomic mass is 15.0. The van der Waals surface area contributed by atoms with Crippen molar-refractivity contribution >= 4 is 16.7 Å². The van der Waals surface area contributed by atoms with Crippen molar-refractivity contribution in [3.63, 3.8) is 0 Å². The molecular formula is C18H23N3. The predicted octanol–water partition coefficient (Wildman–Crippen LogP) is 4.45. The van der Waals surface area contributed by atoms with Crippen LogP contribution >= 0.6 is 0 Å². The molecule has 0 atom stereocenters. The van der Waals surface area contributed by atoms with Gasteiger partial charge in [-0.15, -0.1) is 0 Å². The lowest BCUT2D eigenvalue weighted by Gasteiger charge is -2.25. The summed E-state index contributed by atoms with van der Waals surface area (Å²) in [6, 6.07) is 12.0. The molecule has 0 spiro atoms. The smallest absolute Gasteiger partial charge is 0.144 e. The molecule has 0 bridgehead atoms. The normalized spacial score (nSPS) is 11.3. The Bertz CT molecular complexity index is 645. The predicted molar refractivity (Wildman–Crippen MR) is 88.1 cm³/mol. The number of hydrogen-bond donors (Lipinski definition) is 1. The highest BCUT2D eigenvalue weighted by Gasteiger charge is 2.18. The summed E-state index contributed by atoms with van der Waals surface area (Å²) in [4.78, 5) is 4.60. The molecule has 3 nitrogen and oxygen atoms in total. The van der Waals surface area contributed by atoms with Crippen LogP contribution in [0, 0.1) is 29.1 Å². The topological polar surface area (TPSA) is 48.7 Å². The molecule has 1 heterocycles. The third kappa shape index (κ3) is 3.52. The Morgan fingerprint density at radius 3 is 2.43 bits per heavy atom. The van der Waals surface area contributed by atoms with E-state index in [4.69, 9.17) is 0 Å². The van der Waals surface area contributed by atoms with E-state index in [0.29, 0.717) is 29.1 Å². The maximum atomic E-state index is 9.33. The minimum absolute atomic E-state index is 0.560. The minimum atomic E-state index is 0.560. The summed E-state index contributed by atoms with van der Waals surface area (Å²) in [5.74, 6) is 2.46. The molecule has 0 amide bonds. The van der Waals surface area contributed by atoms with Crippen LogP contribution in [0.5, 0.6) is 0 Å². The van der Waals surface area contributed by atoms with Crippen LogP contribution in [-0.4, -0.2) is 11.5 Å². The number of hydrogen-bond acceptors (Lipinski definition) is 3. The second-order valence-corrected chi connectivity index (χ2v) is 6.22. The molecule has 2 rings (SSSR count). The molecule has 2 aromatic rings. The molecule has 0 aliphatic rings. The lowest BCUT2D eigenvalue weighted by atomic mass is 9.85. The summed E-state index contributed by atoms with van der Waals surface area (Å²) in [5, 5.41) is 13.7. The highest BCUT2D eigenvalue weighted by molar-refractivity contribution is 5.82. The van der Waals surface area contributed by atoms with Gasteiger partial charge in [-0.25, -0.2) is 4.98 Å². The Balaban J connectivity index is 2.27. The van der Waals surface area contributed by atoms with E-state index in [1.165, 1.54) is 0 Å². The number of rotatable bonds is 5. The summed E-state index contributed by atoms with van der Waals surface area (Å²) in [5.41, 5.74) is 1.53. The van der Waals surface area contributed by atoms with Crippen molar-refractivity contribution in [2.75, 3.05) is 11.9 Å². The third-order valence-electron chi connectivity index (χ3n) is 4.06. The Morgan fingerprint density at radius 2 is 1.81 bits per heavy atom. The summed E-state index contributed by atoms with van der Waals surface area (Å²) >= 11 is 0. The fraction of sp³-hybridized carbons (Fsp3) is 0.444. The second kappa shape index (κ2) is 6.58. The summed E-state index contributed by atoms with van der Waals surface area (Å²) in [7, 11) is 0. The molecule has 3 heteroatoms. The van der Waals surface area contributed by atoms with Crippen LogP contribution in [0.15, 0.2) is 30.3 Å². The van der Waals surface area contributed by atoms with Crippen molar-refractivity contribution in [1.82, 2.24) is 4.98 Å². The van der Waals surface area contributed by atoms with Gasteiger partial charge in [0.05, 0.1) is 11.1 Å². The van der Waals surface area contributed by atoms with Gasteiger partial charge in [0.1, 0.15) is 11.9 Å². The molecule has 1 N–H and O–H groups in total. The maximum Gasteiger partial charge on any atom is 0.144 e. The molecule has 0 saturated heterocycles. The van der Waals surface area contributed by atoms with Crippen molar-refractivity contribution in [3.8, 4) is 6.07 Å². The molecule has 110 valence electrons. The molecule has 0 fully saturated rings. The van der Waals surface area contributed by atoms with Gasteiger partial charge in [-0.3, -0.25) is 0 Å². The van der Waals surface area contributed by atoms with Crippen molar-refractivity contribution in [2.24, 2.45) is 17.8 Å². The molecular weight excluding hydrogens is 258 g/mol. The first-order valence-corrected chi connectivity index (χ1v) is 7.56. The maximum absolute atomic E-state index is 9.33. The fourth-order valence-electron chi connectivity index (χ4n) is 2.79. The minimum Gasteiger partial charge on any atom is -0.369 e. The largest absolute Gasteiger partial charge is 0.369 e. The van der Waals surface area contributed by atoms with E-state index in [1.807, 2.05) is 30.3 Å². The van der Waals surface area contributed by atoms with Crippen LogP contribution in [-0.2, 0) is 0 Å². The quantitative estimate of drug-likeness (QED) is 0.881. The molecule has 0 aliphatic carbocycles. The van der Waals surface area contributed by atoms with Crippen molar-refractivity contribution in [1.29, 1.82) is 5.26 Å². The highest BCUT2D eigenvalue weighted by Crippen LogP contribution is 2.23. The number of nitriles is 1. The van der Waals surface area contributed by atoms with Gasteiger partial charge in [0.2, 0.25) is 0 Å². The van der Waals surface area contributed by atoms with Crippen LogP contribution in [0.25, 0.3) is 10.9 Å². The van der Waals surface area contributed by atoms with Crippen molar-refractivity contribution < 1.29 is 0 Å². The summed E-state index contributed by atoms with van der Waals surface area (Å²) in [6.07, 6.45) is 0. The lowest BCUT2D eigenvalue weighted by molar-refractivity contribution is 0.304. The van der Waals surface area contributed by atoms with Gasteiger partial charge in [-0.05, 0) is 29.9 Å². The fourth-order valence-corrected chi connectivity index (χ4v) is 2.79. The monoisotopic (exact) mass is 281 g/mol. The van der Waals surface area contributed by atoms with Crippen LogP contribution < -0.4 is 5.32 Å². The van der Waals surface area contributed by atoms with E-state index in [-0.39, 0.29) is 0 Å².